The minimum absolute atomic E-state index is 0.200. The molecule has 0 atom stereocenters. The Bertz CT molecular complexity index is 695. The van der Waals surface area contributed by atoms with Gasteiger partial charge in [0.1, 0.15) is 10.6 Å². The van der Waals surface area contributed by atoms with Gasteiger partial charge < -0.3 is 10.5 Å². The molecule has 108 valence electrons. The number of ether oxygens (including phenoxy) is 1. The van der Waals surface area contributed by atoms with Crippen LogP contribution in [0.5, 0.6) is 5.75 Å². The number of thiophene rings is 1. The number of benzene rings is 1. The van der Waals surface area contributed by atoms with E-state index < -0.39 is 10.0 Å². The summed E-state index contributed by atoms with van der Waals surface area (Å²) in [5.74, 6) is 0.503. The Kier molecular flexibility index (Phi) is 4.32. The van der Waals surface area contributed by atoms with Crippen molar-refractivity contribution in [3.8, 4) is 5.75 Å². The first-order chi connectivity index (χ1) is 9.52. The van der Waals surface area contributed by atoms with Gasteiger partial charge in [0, 0.05) is 18.5 Å². The van der Waals surface area contributed by atoms with E-state index in [1.165, 1.54) is 29.8 Å². The van der Waals surface area contributed by atoms with Crippen molar-refractivity contribution < 1.29 is 13.2 Å². The second-order valence-electron chi connectivity index (χ2n) is 4.06. The van der Waals surface area contributed by atoms with Crippen molar-refractivity contribution in [1.82, 2.24) is 0 Å². The van der Waals surface area contributed by atoms with E-state index in [9.17, 15) is 8.42 Å². The molecule has 5 nitrogen and oxygen atoms in total. The summed E-state index contributed by atoms with van der Waals surface area (Å²) in [6.45, 7) is 0.200. The van der Waals surface area contributed by atoms with Crippen LogP contribution in [0.2, 0.25) is 0 Å². The number of nitrogens with zero attached hydrogens (tertiary/aromatic N) is 1. The van der Waals surface area contributed by atoms with E-state index in [1.54, 1.807) is 35.7 Å². The van der Waals surface area contributed by atoms with Gasteiger partial charge in [0.15, 0.2) is 0 Å². The van der Waals surface area contributed by atoms with Crippen molar-refractivity contribution in [2.24, 2.45) is 5.73 Å². The number of rotatable bonds is 5. The number of para-hydroxylation sites is 2. The first-order valence-corrected chi connectivity index (χ1v) is 8.22. The molecule has 0 saturated heterocycles. The van der Waals surface area contributed by atoms with Crippen molar-refractivity contribution in [3.63, 3.8) is 0 Å². The third-order valence-corrected chi connectivity index (χ3v) is 5.88. The summed E-state index contributed by atoms with van der Waals surface area (Å²) in [6.07, 6.45) is 0. The fourth-order valence-corrected chi connectivity index (χ4v) is 4.39. The summed E-state index contributed by atoms with van der Waals surface area (Å²) in [4.78, 5) is 0.894. The second-order valence-corrected chi connectivity index (χ2v) is 6.99. The molecule has 0 amide bonds. The minimum atomic E-state index is -3.64. The molecule has 0 radical (unpaired) electrons. The lowest BCUT2D eigenvalue weighted by atomic mass is 10.3. The topological polar surface area (TPSA) is 72.6 Å². The van der Waals surface area contributed by atoms with Crippen LogP contribution in [-0.2, 0) is 16.6 Å². The maximum atomic E-state index is 12.7. The predicted octanol–water partition coefficient (Wildman–Crippen LogP) is 2.04. The highest BCUT2D eigenvalue weighted by molar-refractivity contribution is 7.93. The zero-order chi connectivity index (χ0) is 14.8. The van der Waals surface area contributed by atoms with Crippen LogP contribution in [0.3, 0.4) is 0 Å². The van der Waals surface area contributed by atoms with Gasteiger partial charge in [-0.15, -0.1) is 11.3 Å². The normalized spacial score (nSPS) is 11.3. The first kappa shape index (κ1) is 14.8. The van der Waals surface area contributed by atoms with Crippen LogP contribution in [0.4, 0.5) is 5.69 Å². The summed E-state index contributed by atoms with van der Waals surface area (Å²) in [5, 5.41) is 1.73. The van der Waals surface area contributed by atoms with Gasteiger partial charge >= 0.3 is 0 Å². The molecule has 1 aromatic heterocycles. The largest absolute Gasteiger partial charge is 0.495 e. The molecule has 2 aromatic rings. The van der Waals surface area contributed by atoms with Crippen LogP contribution in [0.15, 0.2) is 40.6 Å². The standard InChI is InChI=1S/C13H16N2O3S2/c1-15(10-5-3-4-6-11(10)18-2)20(16,17)13-7-8-19-12(13)9-14/h3-8H,9,14H2,1-2H3. The Labute approximate surface area is 122 Å². The molecule has 20 heavy (non-hydrogen) atoms. The summed E-state index contributed by atoms with van der Waals surface area (Å²) in [5.41, 5.74) is 6.08. The third-order valence-electron chi connectivity index (χ3n) is 2.95. The fraction of sp³-hybridized carbons (Fsp3) is 0.231. The van der Waals surface area contributed by atoms with Crippen molar-refractivity contribution in [3.05, 3.63) is 40.6 Å². The summed E-state index contributed by atoms with van der Waals surface area (Å²) >= 11 is 1.34. The number of sulfonamides is 1. The van der Waals surface area contributed by atoms with Gasteiger partial charge in [-0.1, -0.05) is 12.1 Å². The Morgan fingerprint density at radius 2 is 2.00 bits per heavy atom. The number of hydrogen-bond acceptors (Lipinski definition) is 5. The molecule has 2 N–H and O–H groups in total. The summed E-state index contributed by atoms with van der Waals surface area (Å²) < 4.78 is 31.7. The molecule has 0 aliphatic rings. The van der Waals surface area contributed by atoms with Crippen molar-refractivity contribution in [1.29, 1.82) is 0 Å². The van der Waals surface area contributed by atoms with Gasteiger partial charge in [0.2, 0.25) is 0 Å². The average Bonchev–Trinajstić information content (AvgIpc) is 2.95. The summed E-state index contributed by atoms with van der Waals surface area (Å²) in [6, 6.07) is 8.55. The van der Waals surface area contributed by atoms with E-state index in [0.717, 1.165) is 0 Å². The van der Waals surface area contributed by atoms with Gasteiger partial charge in [-0.25, -0.2) is 8.42 Å². The molecule has 0 fully saturated rings. The predicted molar refractivity (Wildman–Crippen MR) is 80.8 cm³/mol. The molecule has 0 bridgehead atoms. The Morgan fingerprint density at radius 3 is 2.65 bits per heavy atom. The molecule has 0 spiro atoms. The zero-order valence-electron chi connectivity index (χ0n) is 11.2. The SMILES string of the molecule is COc1ccccc1N(C)S(=O)(=O)c1ccsc1CN. The molecule has 2 rings (SSSR count). The first-order valence-electron chi connectivity index (χ1n) is 5.90. The molecule has 0 unspecified atom stereocenters. The molecule has 1 aromatic carbocycles. The Hall–Kier alpha value is -1.57. The van der Waals surface area contributed by atoms with E-state index in [2.05, 4.69) is 0 Å². The molecular formula is C13H16N2O3S2. The smallest absolute Gasteiger partial charge is 0.265 e. The van der Waals surface area contributed by atoms with Crippen LogP contribution in [0.1, 0.15) is 4.88 Å². The van der Waals surface area contributed by atoms with E-state index in [0.29, 0.717) is 16.3 Å². The highest BCUT2D eigenvalue weighted by Gasteiger charge is 2.26. The fourth-order valence-electron chi connectivity index (χ4n) is 1.87. The van der Waals surface area contributed by atoms with Crippen LogP contribution in [0, 0.1) is 0 Å². The Balaban J connectivity index is 2.49. The van der Waals surface area contributed by atoms with Crippen molar-refractivity contribution >= 4 is 27.0 Å². The second kappa shape index (κ2) is 5.82. The van der Waals surface area contributed by atoms with Crippen LogP contribution in [0.25, 0.3) is 0 Å². The van der Waals surface area contributed by atoms with Gasteiger partial charge in [-0.05, 0) is 23.6 Å². The molecule has 0 aliphatic carbocycles. The third kappa shape index (κ3) is 2.52. The van der Waals surface area contributed by atoms with Crippen molar-refractivity contribution in [2.75, 3.05) is 18.5 Å². The minimum Gasteiger partial charge on any atom is -0.495 e. The summed E-state index contributed by atoms with van der Waals surface area (Å²) in [7, 11) is -0.626. The number of nitrogens with two attached hydrogens (primary N) is 1. The van der Waals surface area contributed by atoms with E-state index in [-0.39, 0.29) is 11.4 Å². The van der Waals surface area contributed by atoms with Crippen LogP contribution >= 0.6 is 11.3 Å². The lowest BCUT2D eigenvalue weighted by molar-refractivity contribution is 0.416. The van der Waals surface area contributed by atoms with Gasteiger partial charge in [0.05, 0.1) is 12.8 Å². The van der Waals surface area contributed by atoms with Gasteiger partial charge in [-0.3, -0.25) is 4.31 Å². The maximum absolute atomic E-state index is 12.7. The molecule has 0 saturated carbocycles. The zero-order valence-corrected chi connectivity index (χ0v) is 12.9. The molecule has 0 aliphatic heterocycles. The number of hydrogen-bond donors (Lipinski definition) is 1. The van der Waals surface area contributed by atoms with Crippen molar-refractivity contribution in [2.45, 2.75) is 11.4 Å². The Morgan fingerprint density at radius 1 is 1.30 bits per heavy atom. The lowest BCUT2D eigenvalue weighted by Gasteiger charge is -2.21. The van der Waals surface area contributed by atoms with Crippen LogP contribution < -0.4 is 14.8 Å². The maximum Gasteiger partial charge on any atom is 0.265 e. The van der Waals surface area contributed by atoms with Gasteiger partial charge in [0.25, 0.3) is 10.0 Å². The molecular weight excluding hydrogens is 296 g/mol. The molecule has 7 heteroatoms. The number of methoxy groups -OCH3 is 1. The average molecular weight is 312 g/mol. The number of anilines is 1. The van der Waals surface area contributed by atoms with E-state index in [4.69, 9.17) is 10.5 Å². The highest BCUT2D eigenvalue weighted by atomic mass is 32.2. The van der Waals surface area contributed by atoms with Gasteiger partial charge in [-0.2, -0.15) is 0 Å². The highest BCUT2D eigenvalue weighted by Crippen LogP contribution is 2.32. The quantitative estimate of drug-likeness (QED) is 0.917. The monoisotopic (exact) mass is 312 g/mol. The van der Waals surface area contributed by atoms with E-state index in [1.807, 2.05) is 0 Å². The van der Waals surface area contributed by atoms with E-state index >= 15 is 0 Å². The molecule has 1 heterocycles. The van der Waals surface area contributed by atoms with Crippen LogP contribution in [-0.4, -0.2) is 22.6 Å². The lowest BCUT2D eigenvalue weighted by Crippen LogP contribution is -2.27.